The second-order valence-electron chi connectivity index (χ2n) is 4.25. The molecule has 0 atom stereocenters. The molecule has 0 unspecified atom stereocenters. The molecule has 1 aromatic rings. The van der Waals surface area contributed by atoms with Gasteiger partial charge >= 0.3 is 0 Å². The summed E-state index contributed by atoms with van der Waals surface area (Å²) in [6.07, 6.45) is 0.578. The largest absolute Gasteiger partial charge is 0.394 e. The van der Waals surface area contributed by atoms with Crippen molar-refractivity contribution in [2.75, 3.05) is 13.2 Å². The van der Waals surface area contributed by atoms with Crippen molar-refractivity contribution in [2.24, 2.45) is 0 Å². The summed E-state index contributed by atoms with van der Waals surface area (Å²) in [6.45, 7) is 4.38. The standard InChI is InChI=1S/C11H18N2O4/c1-4-8-9(7(2)17-13-8)10(16)12-11(3,5-14)6-15/h14-15H,4-6H2,1-3H3,(H,12,16). The zero-order chi connectivity index (χ0) is 13.1. The summed E-state index contributed by atoms with van der Waals surface area (Å²) in [7, 11) is 0. The average molecular weight is 242 g/mol. The Balaban J connectivity index is 2.93. The summed E-state index contributed by atoms with van der Waals surface area (Å²) in [5, 5.41) is 24.6. The first kappa shape index (κ1) is 13.7. The normalized spacial score (nSPS) is 11.6. The summed E-state index contributed by atoms with van der Waals surface area (Å²) in [4.78, 5) is 12.0. The number of carbonyl (C=O) groups is 1. The fraction of sp³-hybridized carbons (Fsp3) is 0.636. The van der Waals surface area contributed by atoms with Crippen LogP contribution in [-0.2, 0) is 6.42 Å². The number of nitrogens with zero attached hydrogens (tertiary/aromatic N) is 1. The lowest BCUT2D eigenvalue weighted by Gasteiger charge is -2.26. The highest BCUT2D eigenvalue weighted by Crippen LogP contribution is 2.15. The molecular formula is C11H18N2O4. The number of aryl methyl sites for hydroxylation is 2. The van der Waals surface area contributed by atoms with Crippen LogP contribution in [0.5, 0.6) is 0 Å². The minimum Gasteiger partial charge on any atom is -0.394 e. The van der Waals surface area contributed by atoms with Crippen molar-refractivity contribution in [3.63, 3.8) is 0 Å². The van der Waals surface area contributed by atoms with Crippen LogP contribution in [-0.4, -0.2) is 40.0 Å². The van der Waals surface area contributed by atoms with Crippen LogP contribution in [0.25, 0.3) is 0 Å². The summed E-state index contributed by atoms with van der Waals surface area (Å²) in [5.74, 6) is 0.0313. The minimum absolute atomic E-state index is 0.346. The molecule has 0 aliphatic heterocycles. The van der Waals surface area contributed by atoms with Gasteiger partial charge in [-0.05, 0) is 20.3 Å². The van der Waals surface area contributed by atoms with Crippen molar-refractivity contribution in [2.45, 2.75) is 32.7 Å². The third kappa shape index (κ3) is 2.83. The fourth-order valence-electron chi connectivity index (χ4n) is 1.42. The summed E-state index contributed by atoms with van der Waals surface area (Å²) < 4.78 is 4.95. The highest BCUT2D eigenvalue weighted by atomic mass is 16.5. The number of amides is 1. The number of aliphatic hydroxyl groups excluding tert-OH is 2. The maximum Gasteiger partial charge on any atom is 0.257 e. The van der Waals surface area contributed by atoms with Crippen molar-refractivity contribution in [1.29, 1.82) is 0 Å². The van der Waals surface area contributed by atoms with Crippen LogP contribution in [0.3, 0.4) is 0 Å². The van der Waals surface area contributed by atoms with Gasteiger partial charge < -0.3 is 20.1 Å². The van der Waals surface area contributed by atoms with Gasteiger partial charge in [-0.1, -0.05) is 12.1 Å². The molecule has 0 aromatic carbocycles. The Morgan fingerprint density at radius 1 is 1.47 bits per heavy atom. The van der Waals surface area contributed by atoms with Crippen LogP contribution in [0, 0.1) is 6.92 Å². The number of hydrogen-bond acceptors (Lipinski definition) is 5. The first-order valence-electron chi connectivity index (χ1n) is 5.46. The molecule has 0 saturated heterocycles. The Bertz CT molecular complexity index is 396. The van der Waals surface area contributed by atoms with Crippen LogP contribution in [0.4, 0.5) is 0 Å². The Morgan fingerprint density at radius 2 is 2.06 bits per heavy atom. The lowest BCUT2D eigenvalue weighted by atomic mass is 10.0. The van der Waals surface area contributed by atoms with Gasteiger partial charge in [-0.2, -0.15) is 0 Å². The van der Waals surface area contributed by atoms with Gasteiger partial charge in [0, 0.05) is 0 Å². The van der Waals surface area contributed by atoms with Crippen molar-refractivity contribution in [1.82, 2.24) is 10.5 Å². The Labute approximate surface area is 99.6 Å². The third-order valence-corrected chi connectivity index (χ3v) is 2.61. The fourth-order valence-corrected chi connectivity index (χ4v) is 1.42. The Hall–Kier alpha value is -1.40. The van der Waals surface area contributed by atoms with E-state index in [2.05, 4.69) is 10.5 Å². The average Bonchev–Trinajstić information content (AvgIpc) is 2.70. The zero-order valence-electron chi connectivity index (χ0n) is 10.3. The topological polar surface area (TPSA) is 95.6 Å². The van der Waals surface area contributed by atoms with E-state index in [1.165, 1.54) is 0 Å². The SMILES string of the molecule is CCc1noc(C)c1C(=O)NC(C)(CO)CO. The molecule has 0 bridgehead atoms. The van der Waals surface area contributed by atoms with Gasteiger partial charge in [0.1, 0.15) is 11.3 Å². The van der Waals surface area contributed by atoms with Crippen LogP contribution >= 0.6 is 0 Å². The monoisotopic (exact) mass is 242 g/mol. The van der Waals surface area contributed by atoms with Gasteiger partial charge in [0.05, 0.1) is 24.4 Å². The first-order valence-corrected chi connectivity index (χ1v) is 5.46. The maximum atomic E-state index is 12.0. The zero-order valence-corrected chi connectivity index (χ0v) is 10.3. The van der Waals surface area contributed by atoms with E-state index in [-0.39, 0.29) is 13.2 Å². The van der Waals surface area contributed by atoms with Gasteiger partial charge in [-0.15, -0.1) is 0 Å². The van der Waals surface area contributed by atoms with Crippen molar-refractivity contribution in [3.8, 4) is 0 Å². The predicted molar refractivity (Wildman–Crippen MR) is 60.7 cm³/mol. The molecule has 17 heavy (non-hydrogen) atoms. The van der Waals surface area contributed by atoms with E-state index in [0.717, 1.165) is 0 Å². The number of rotatable bonds is 5. The lowest BCUT2D eigenvalue weighted by molar-refractivity contribution is 0.0722. The van der Waals surface area contributed by atoms with Crippen LogP contribution in [0.15, 0.2) is 4.52 Å². The van der Waals surface area contributed by atoms with E-state index >= 15 is 0 Å². The molecule has 1 aromatic heterocycles. The van der Waals surface area contributed by atoms with E-state index in [1.807, 2.05) is 6.92 Å². The van der Waals surface area contributed by atoms with Gasteiger partial charge in [-0.3, -0.25) is 4.79 Å². The molecule has 0 aliphatic rings. The van der Waals surface area contributed by atoms with E-state index in [0.29, 0.717) is 23.4 Å². The van der Waals surface area contributed by atoms with Crippen LogP contribution in [0.2, 0.25) is 0 Å². The molecule has 1 heterocycles. The summed E-state index contributed by atoms with van der Waals surface area (Å²) in [5.41, 5.74) is -0.106. The number of carbonyl (C=O) groups excluding carboxylic acids is 1. The summed E-state index contributed by atoms with van der Waals surface area (Å²) in [6, 6.07) is 0. The number of aromatic nitrogens is 1. The Kier molecular flexibility index (Phi) is 4.25. The van der Waals surface area contributed by atoms with Crippen molar-refractivity contribution < 1.29 is 19.5 Å². The molecule has 0 saturated carbocycles. The van der Waals surface area contributed by atoms with Crippen LogP contribution < -0.4 is 5.32 Å². The van der Waals surface area contributed by atoms with E-state index < -0.39 is 11.4 Å². The smallest absolute Gasteiger partial charge is 0.257 e. The Morgan fingerprint density at radius 3 is 2.53 bits per heavy atom. The van der Waals surface area contributed by atoms with Gasteiger partial charge in [-0.25, -0.2) is 0 Å². The second-order valence-corrected chi connectivity index (χ2v) is 4.25. The molecule has 1 amide bonds. The second kappa shape index (κ2) is 5.29. The molecule has 6 heteroatoms. The first-order chi connectivity index (χ1) is 7.97. The molecule has 3 N–H and O–H groups in total. The molecule has 0 radical (unpaired) electrons. The third-order valence-electron chi connectivity index (χ3n) is 2.61. The molecule has 1 rings (SSSR count). The number of aliphatic hydroxyl groups is 2. The van der Waals surface area contributed by atoms with Gasteiger partial charge in [0.2, 0.25) is 0 Å². The molecular weight excluding hydrogens is 224 g/mol. The van der Waals surface area contributed by atoms with Crippen molar-refractivity contribution in [3.05, 3.63) is 17.0 Å². The maximum absolute atomic E-state index is 12.0. The van der Waals surface area contributed by atoms with Crippen molar-refractivity contribution >= 4 is 5.91 Å². The van der Waals surface area contributed by atoms with E-state index in [4.69, 9.17) is 14.7 Å². The summed E-state index contributed by atoms with van der Waals surface area (Å²) >= 11 is 0. The highest BCUT2D eigenvalue weighted by Gasteiger charge is 2.28. The quantitative estimate of drug-likeness (QED) is 0.676. The minimum atomic E-state index is -1.05. The molecule has 0 fully saturated rings. The van der Waals surface area contributed by atoms with E-state index in [1.54, 1.807) is 13.8 Å². The molecule has 96 valence electrons. The van der Waals surface area contributed by atoms with Crippen LogP contribution in [0.1, 0.15) is 35.7 Å². The number of hydrogen-bond donors (Lipinski definition) is 3. The van der Waals surface area contributed by atoms with Gasteiger partial charge in [0.25, 0.3) is 5.91 Å². The van der Waals surface area contributed by atoms with Gasteiger partial charge in [0.15, 0.2) is 0 Å². The molecule has 6 nitrogen and oxygen atoms in total. The molecule has 0 aliphatic carbocycles. The molecule has 0 spiro atoms. The lowest BCUT2D eigenvalue weighted by Crippen LogP contribution is -2.52. The highest BCUT2D eigenvalue weighted by molar-refractivity contribution is 5.96. The van der Waals surface area contributed by atoms with E-state index in [9.17, 15) is 4.79 Å². The number of nitrogens with one attached hydrogen (secondary N) is 1. The predicted octanol–water partition coefficient (Wildman–Crippen LogP) is 0.0185.